The molecule has 6 rings (SSSR count). The summed E-state index contributed by atoms with van der Waals surface area (Å²) >= 11 is 0. The summed E-state index contributed by atoms with van der Waals surface area (Å²) in [5.41, 5.74) is 7.04. The number of carboxylic acid groups (broad SMARTS) is 1. The highest BCUT2D eigenvalue weighted by Gasteiger charge is 2.30. The van der Waals surface area contributed by atoms with Crippen LogP contribution in [0.3, 0.4) is 0 Å². The number of aromatic nitrogens is 1. The number of fused-ring (bicyclic) bond motifs is 2. The van der Waals surface area contributed by atoms with E-state index in [-0.39, 0.29) is 5.41 Å². The number of benzene rings is 4. The van der Waals surface area contributed by atoms with Crippen molar-refractivity contribution in [2.24, 2.45) is 5.41 Å². The predicted octanol–water partition coefficient (Wildman–Crippen LogP) is 9.51. The summed E-state index contributed by atoms with van der Waals surface area (Å²) in [7, 11) is 0. The third-order valence-electron chi connectivity index (χ3n) is 8.19. The molecule has 1 aromatic heterocycles. The Hall–Kier alpha value is -4.51. The molecule has 0 atom stereocenters. The van der Waals surface area contributed by atoms with Crippen LogP contribution in [-0.4, -0.2) is 22.9 Å². The fourth-order valence-corrected chi connectivity index (χ4v) is 6.18. The van der Waals surface area contributed by atoms with Gasteiger partial charge in [-0.25, -0.2) is 4.79 Å². The molecule has 2 N–H and O–H groups in total. The molecular weight excluding hydrogens is 510 g/mol. The summed E-state index contributed by atoms with van der Waals surface area (Å²) in [4.78, 5) is 15.0. The van der Waals surface area contributed by atoms with E-state index in [1.54, 1.807) is 0 Å². The van der Waals surface area contributed by atoms with Crippen molar-refractivity contribution < 1.29 is 19.4 Å². The van der Waals surface area contributed by atoms with Crippen molar-refractivity contribution in [2.75, 3.05) is 6.61 Å². The van der Waals surface area contributed by atoms with E-state index in [1.807, 2.05) is 24.3 Å². The van der Waals surface area contributed by atoms with Crippen LogP contribution < -0.4 is 9.47 Å². The first-order valence-electron chi connectivity index (χ1n) is 14.3. The Bertz CT molecular complexity index is 1740. The quantitative estimate of drug-likeness (QED) is 0.150. The fraction of sp³-hybridized carbons (Fsp3) is 0.250. The highest BCUT2D eigenvalue weighted by Crippen LogP contribution is 2.48. The number of aryl methyl sites for hydroxylation is 1. The lowest BCUT2D eigenvalue weighted by Gasteiger charge is -2.34. The van der Waals surface area contributed by atoms with Crippen LogP contribution in [-0.2, 0) is 6.42 Å². The number of ether oxygens (including phenoxy) is 2. The number of H-pyrrole nitrogens is 1. The first-order chi connectivity index (χ1) is 19.9. The standard InChI is InChI=1S/C36H35NO4/c1-36(2)21-20-27(31(23-36)25-11-4-3-5-12-25)28-16-9-17-29-30(34(37-33(28)29)41-35(38)39)18-10-22-40-32-19-8-14-24-13-6-7-15-26(24)32/h3-9,11-17,19,37H,10,18,20-23H2,1-2H3,(H,38,39). The van der Waals surface area contributed by atoms with E-state index < -0.39 is 6.16 Å². The van der Waals surface area contributed by atoms with E-state index in [4.69, 9.17) is 9.47 Å². The topological polar surface area (TPSA) is 71.6 Å². The predicted molar refractivity (Wildman–Crippen MR) is 166 cm³/mol. The molecular formula is C36H35NO4. The van der Waals surface area contributed by atoms with Crippen LogP contribution in [0.1, 0.15) is 56.2 Å². The van der Waals surface area contributed by atoms with Crippen LogP contribution in [0.5, 0.6) is 11.6 Å². The third kappa shape index (κ3) is 5.58. The van der Waals surface area contributed by atoms with Gasteiger partial charge in [-0.1, -0.05) is 98.8 Å². The van der Waals surface area contributed by atoms with Gasteiger partial charge in [0.15, 0.2) is 0 Å². The summed E-state index contributed by atoms with van der Waals surface area (Å²) in [6.45, 7) is 5.17. The Morgan fingerprint density at radius 3 is 2.44 bits per heavy atom. The van der Waals surface area contributed by atoms with E-state index in [0.29, 0.717) is 25.3 Å². The molecule has 41 heavy (non-hydrogen) atoms. The second-order valence-corrected chi connectivity index (χ2v) is 11.6. The number of para-hydroxylation sites is 1. The Morgan fingerprint density at radius 1 is 0.878 bits per heavy atom. The molecule has 0 amide bonds. The summed E-state index contributed by atoms with van der Waals surface area (Å²) in [6.07, 6.45) is 3.04. The van der Waals surface area contributed by atoms with Crippen molar-refractivity contribution in [3.63, 3.8) is 0 Å². The zero-order chi connectivity index (χ0) is 28.4. The Balaban J connectivity index is 1.34. The van der Waals surface area contributed by atoms with Crippen molar-refractivity contribution in [3.8, 4) is 11.6 Å². The Kier molecular flexibility index (Phi) is 7.27. The van der Waals surface area contributed by atoms with Gasteiger partial charge in [0, 0.05) is 21.9 Å². The lowest BCUT2D eigenvalue weighted by Crippen LogP contribution is -2.17. The highest BCUT2D eigenvalue weighted by atomic mass is 16.7. The van der Waals surface area contributed by atoms with Crippen molar-refractivity contribution in [3.05, 3.63) is 108 Å². The minimum atomic E-state index is -1.32. The van der Waals surface area contributed by atoms with Crippen molar-refractivity contribution in [2.45, 2.75) is 46.0 Å². The summed E-state index contributed by atoms with van der Waals surface area (Å²) < 4.78 is 11.5. The second-order valence-electron chi connectivity index (χ2n) is 11.6. The van der Waals surface area contributed by atoms with Crippen LogP contribution in [0, 0.1) is 5.41 Å². The molecule has 1 heterocycles. The number of allylic oxidation sites excluding steroid dienone is 2. The molecule has 5 heteroatoms. The van der Waals surface area contributed by atoms with E-state index in [9.17, 15) is 9.90 Å². The molecule has 0 fully saturated rings. The van der Waals surface area contributed by atoms with E-state index in [0.717, 1.165) is 57.8 Å². The smallest absolute Gasteiger partial charge is 0.493 e. The molecule has 5 aromatic rings. The van der Waals surface area contributed by atoms with Gasteiger partial charge in [0.25, 0.3) is 0 Å². The lowest BCUT2D eigenvalue weighted by atomic mass is 9.71. The maximum Gasteiger partial charge on any atom is 0.512 e. The Labute approximate surface area is 240 Å². The maximum atomic E-state index is 11.7. The minimum absolute atomic E-state index is 0.213. The normalized spacial score (nSPS) is 14.9. The van der Waals surface area contributed by atoms with Crippen molar-refractivity contribution in [1.82, 2.24) is 4.98 Å². The van der Waals surface area contributed by atoms with Crippen molar-refractivity contribution in [1.29, 1.82) is 0 Å². The van der Waals surface area contributed by atoms with Gasteiger partial charge >= 0.3 is 6.16 Å². The largest absolute Gasteiger partial charge is 0.512 e. The molecule has 5 nitrogen and oxygen atoms in total. The molecule has 0 saturated heterocycles. The number of carbonyl (C=O) groups is 1. The van der Waals surface area contributed by atoms with Gasteiger partial charge in [0.05, 0.1) is 12.1 Å². The van der Waals surface area contributed by atoms with E-state index in [2.05, 4.69) is 85.6 Å². The number of nitrogens with one attached hydrogen (secondary N) is 1. The summed E-state index contributed by atoms with van der Waals surface area (Å²) in [5.74, 6) is 1.15. The monoisotopic (exact) mass is 545 g/mol. The molecule has 1 aliphatic carbocycles. The molecule has 0 spiro atoms. The molecule has 0 saturated carbocycles. The molecule has 208 valence electrons. The van der Waals surface area contributed by atoms with Crippen molar-refractivity contribution >= 4 is 39.0 Å². The van der Waals surface area contributed by atoms with Crippen LogP contribution in [0.15, 0.2) is 91.0 Å². The molecule has 0 aliphatic heterocycles. The lowest BCUT2D eigenvalue weighted by molar-refractivity contribution is 0.142. The van der Waals surface area contributed by atoms with Gasteiger partial charge in [-0.15, -0.1) is 0 Å². The molecule has 0 bridgehead atoms. The molecule has 1 aliphatic rings. The number of rotatable bonds is 8. The van der Waals surface area contributed by atoms with Crippen LogP contribution in [0.4, 0.5) is 4.79 Å². The van der Waals surface area contributed by atoms with Gasteiger partial charge in [0.2, 0.25) is 5.88 Å². The average Bonchev–Trinajstić information content (AvgIpc) is 3.32. The summed E-state index contributed by atoms with van der Waals surface area (Å²) in [6, 6.07) is 31.1. The third-order valence-corrected chi connectivity index (χ3v) is 8.19. The molecule has 0 radical (unpaired) electrons. The van der Waals surface area contributed by atoms with Crippen LogP contribution >= 0.6 is 0 Å². The zero-order valence-corrected chi connectivity index (χ0v) is 23.6. The van der Waals surface area contributed by atoms with Crippen LogP contribution in [0.25, 0.3) is 32.8 Å². The average molecular weight is 546 g/mol. The second kappa shape index (κ2) is 11.2. The van der Waals surface area contributed by atoms with Gasteiger partial charge in [-0.3, -0.25) is 0 Å². The molecule has 4 aromatic carbocycles. The molecule has 0 unspecified atom stereocenters. The minimum Gasteiger partial charge on any atom is -0.493 e. The highest BCUT2D eigenvalue weighted by molar-refractivity contribution is 6.02. The fourth-order valence-electron chi connectivity index (χ4n) is 6.18. The van der Waals surface area contributed by atoms with E-state index in [1.165, 1.54) is 16.7 Å². The van der Waals surface area contributed by atoms with Crippen LogP contribution in [0.2, 0.25) is 0 Å². The SMILES string of the molecule is CC1(C)CCC(c2cccc3c(CCCOc4cccc5ccccc45)c(OC(=O)O)[nH]c23)=C(c2ccccc2)C1. The van der Waals surface area contributed by atoms with Gasteiger partial charge in [-0.2, -0.15) is 0 Å². The number of aromatic amines is 1. The van der Waals surface area contributed by atoms with Gasteiger partial charge in [-0.05, 0) is 65.7 Å². The number of hydrogen-bond acceptors (Lipinski definition) is 3. The maximum absolute atomic E-state index is 11.7. The Morgan fingerprint density at radius 2 is 1.61 bits per heavy atom. The van der Waals surface area contributed by atoms with Gasteiger partial charge in [0.1, 0.15) is 5.75 Å². The van der Waals surface area contributed by atoms with E-state index >= 15 is 0 Å². The summed E-state index contributed by atoms with van der Waals surface area (Å²) in [5, 5.41) is 12.7. The zero-order valence-electron chi connectivity index (χ0n) is 23.6. The number of hydrogen-bond donors (Lipinski definition) is 2. The first kappa shape index (κ1) is 26.7. The first-order valence-corrected chi connectivity index (χ1v) is 14.3. The van der Waals surface area contributed by atoms with Gasteiger partial charge < -0.3 is 19.6 Å².